The molecule has 4 heterocycles. The largest absolute Gasteiger partial charge is 0.378 e. The summed E-state index contributed by atoms with van der Waals surface area (Å²) >= 11 is 0. The lowest BCUT2D eigenvalue weighted by Gasteiger charge is -2.29. The first kappa shape index (κ1) is 27.8. The van der Waals surface area contributed by atoms with E-state index in [1.54, 1.807) is 40.4 Å². The maximum absolute atomic E-state index is 13.8. The first-order valence-electron chi connectivity index (χ1n) is 14.1. The predicted octanol–water partition coefficient (Wildman–Crippen LogP) is 1.69. The number of ether oxygens (including phenoxy) is 1. The Morgan fingerprint density at radius 1 is 1.05 bits per heavy atom. The molecule has 10 heteroatoms. The number of morpholine rings is 1. The molecule has 3 saturated heterocycles. The average Bonchev–Trinajstić information content (AvgIpc) is 3.54. The smallest absolute Gasteiger partial charge is 0.251 e. The summed E-state index contributed by atoms with van der Waals surface area (Å²) in [4.78, 5) is 62.6. The number of hydrogen-bond donors (Lipinski definition) is 1. The zero-order chi connectivity index (χ0) is 28.2. The van der Waals surface area contributed by atoms with Crippen molar-refractivity contribution in [3.63, 3.8) is 0 Å². The van der Waals surface area contributed by atoms with Crippen molar-refractivity contribution in [2.45, 2.75) is 51.2 Å². The van der Waals surface area contributed by atoms with E-state index >= 15 is 0 Å². The van der Waals surface area contributed by atoms with E-state index in [1.165, 1.54) is 0 Å². The molecule has 3 unspecified atom stereocenters. The minimum absolute atomic E-state index is 0.00505. The molecule has 0 spiro atoms. The number of nitrogens with zero attached hydrogens (tertiary/aromatic N) is 4. The van der Waals surface area contributed by atoms with Gasteiger partial charge in [-0.3, -0.25) is 24.2 Å². The summed E-state index contributed by atoms with van der Waals surface area (Å²) in [6.07, 6.45) is 4.44. The van der Waals surface area contributed by atoms with Gasteiger partial charge in [0.05, 0.1) is 32.2 Å². The lowest BCUT2D eigenvalue weighted by Crippen LogP contribution is -2.53. The number of ketones is 1. The van der Waals surface area contributed by atoms with Crippen molar-refractivity contribution in [1.29, 1.82) is 0 Å². The summed E-state index contributed by atoms with van der Waals surface area (Å²) in [5, 5.41) is 2.94. The number of anilines is 1. The number of rotatable bonds is 8. The van der Waals surface area contributed by atoms with Gasteiger partial charge in [0.2, 0.25) is 11.8 Å². The molecule has 2 aromatic rings. The van der Waals surface area contributed by atoms with E-state index in [4.69, 9.17) is 4.74 Å². The van der Waals surface area contributed by atoms with Crippen LogP contribution in [0.2, 0.25) is 0 Å². The highest BCUT2D eigenvalue weighted by atomic mass is 16.5. The van der Waals surface area contributed by atoms with Crippen LogP contribution in [0, 0.1) is 5.92 Å². The van der Waals surface area contributed by atoms with Crippen LogP contribution in [0.25, 0.3) is 0 Å². The van der Waals surface area contributed by atoms with Gasteiger partial charge in [0.1, 0.15) is 12.1 Å². The van der Waals surface area contributed by atoms with Gasteiger partial charge in [-0.05, 0) is 54.7 Å². The van der Waals surface area contributed by atoms with Gasteiger partial charge < -0.3 is 24.8 Å². The average molecular weight is 548 g/mol. The standard InChI is InChI=1S/C30H37N5O5/c1-20(2)16-24(32-29(38)22-5-7-23(8-6-22)33-12-14-40-15-13-33)30(39)34-11-9-25-28(34)26(36)19-35(25)27(37)17-21-4-3-10-31-18-21/h3-8,10,18,20,24-25,28H,9,11-17,19H2,1-2H3,(H,32,38). The molecule has 10 nitrogen and oxygen atoms in total. The topological polar surface area (TPSA) is 112 Å². The van der Waals surface area contributed by atoms with Gasteiger partial charge in [0.15, 0.2) is 5.78 Å². The van der Waals surface area contributed by atoms with Crippen molar-refractivity contribution in [1.82, 2.24) is 20.1 Å². The Morgan fingerprint density at radius 3 is 2.48 bits per heavy atom. The molecule has 1 aromatic heterocycles. The van der Waals surface area contributed by atoms with Crippen LogP contribution in [-0.4, -0.2) is 95.8 Å². The number of aromatic nitrogens is 1. The quantitative estimate of drug-likeness (QED) is 0.535. The third-order valence-corrected chi connectivity index (χ3v) is 7.92. The molecule has 5 rings (SSSR count). The second kappa shape index (κ2) is 12.2. The van der Waals surface area contributed by atoms with Gasteiger partial charge in [-0.15, -0.1) is 0 Å². The molecule has 0 radical (unpaired) electrons. The van der Waals surface area contributed by atoms with Crippen molar-refractivity contribution >= 4 is 29.2 Å². The fourth-order valence-corrected chi connectivity index (χ4v) is 5.95. The minimum Gasteiger partial charge on any atom is -0.378 e. The Hall–Kier alpha value is -3.79. The summed E-state index contributed by atoms with van der Waals surface area (Å²) < 4.78 is 5.41. The van der Waals surface area contributed by atoms with Gasteiger partial charge in [-0.2, -0.15) is 0 Å². The summed E-state index contributed by atoms with van der Waals surface area (Å²) in [5.74, 6) is -0.726. The number of hydrogen-bond acceptors (Lipinski definition) is 7. The van der Waals surface area contributed by atoms with Crippen LogP contribution in [0.4, 0.5) is 5.69 Å². The number of carbonyl (C=O) groups is 4. The fraction of sp³-hybridized carbons (Fsp3) is 0.500. The van der Waals surface area contributed by atoms with Crippen LogP contribution in [-0.2, 0) is 25.5 Å². The molecule has 3 amide bonds. The highest BCUT2D eigenvalue weighted by molar-refractivity contribution is 6.01. The van der Waals surface area contributed by atoms with Crippen molar-refractivity contribution < 1.29 is 23.9 Å². The molecule has 1 N–H and O–H groups in total. The molecule has 3 fully saturated rings. The predicted molar refractivity (Wildman–Crippen MR) is 149 cm³/mol. The molecule has 0 bridgehead atoms. The Balaban J connectivity index is 1.25. The second-order valence-electron chi connectivity index (χ2n) is 11.2. The molecular weight excluding hydrogens is 510 g/mol. The first-order valence-corrected chi connectivity index (χ1v) is 14.1. The molecule has 3 atom stereocenters. The number of benzene rings is 1. The van der Waals surface area contributed by atoms with Crippen LogP contribution >= 0.6 is 0 Å². The SMILES string of the molecule is CC(C)CC(NC(=O)c1ccc(N2CCOCC2)cc1)C(=O)N1CCC2C1C(=O)CN2C(=O)Cc1cccnc1. The lowest BCUT2D eigenvalue weighted by atomic mass is 10.0. The number of nitrogens with one attached hydrogen (secondary N) is 1. The molecule has 3 aliphatic rings. The van der Waals surface area contributed by atoms with Crippen LogP contribution in [0.15, 0.2) is 48.8 Å². The number of amides is 3. The van der Waals surface area contributed by atoms with Gasteiger partial charge in [-0.25, -0.2) is 0 Å². The summed E-state index contributed by atoms with van der Waals surface area (Å²) in [6.45, 7) is 7.33. The number of likely N-dealkylation sites (tertiary alicyclic amines) is 2. The van der Waals surface area contributed by atoms with Crippen molar-refractivity contribution in [3.05, 3.63) is 59.9 Å². The van der Waals surface area contributed by atoms with Gasteiger partial charge >= 0.3 is 0 Å². The summed E-state index contributed by atoms with van der Waals surface area (Å²) in [7, 11) is 0. The summed E-state index contributed by atoms with van der Waals surface area (Å²) in [6, 6.07) is 9.20. The number of carbonyl (C=O) groups excluding carboxylic acids is 4. The van der Waals surface area contributed by atoms with E-state index in [2.05, 4.69) is 15.2 Å². The van der Waals surface area contributed by atoms with E-state index in [0.717, 1.165) is 24.3 Å². The zero-order valence-corrected chi connectivity index (χ0v) is 23.1. The molecule has 0 saturated carbocycles. The Kier molecular flexibility index (Phi) is 8.44. The zero-order valence-electron chi connectivity index (χ0n) is 23.1. The highest BCUT2D eigenvalue weighted by Crippen LogP contribution is 2.31. The van der Waals surface area contributed by atoms with Crippen LogP contribution in [0.3, 0.4) is 0 Å². The maximum Gasteiger partial charge on any atom is 0.251 e. The fourth-order valence-electron chi connectivity index (χ4n) is 5.95. The third-order valence-electron chi connectivity index (χ3n) is 7.92. The lowest BCUT2D eigenvalue weighted by molar-refractivity contribution is -0.138. The van der Waals surface area contributed by atoms with E-state index in [0.29, 0.717) is 38.2 Å². The Bertz CT molecular complexity index is 1230. The first-order chi connectivity index (χ1) is 19.3. The normalized spacial score (nSPS) is 21.5. The van der Waals surface area contributed by atoms with Crippen LogP contribution in [0.5, 0.6) is 0 Å². The van der Waals surface area contributed by atoms with E-state index in [-0.39, 0.29) is 48.4 Å². The van der Waals surface area contributed by atoms with E-state index in [9.17, 15) is 19.2 Å². The Labute approximate surface area is 234 Å². The molecule has 3 aliphatic heterocycles. The number of Topliss-reactive ketones (excluding diaryl/α,β-unsaturated/α-hetero) is 1. The van der Waals surface area contributed by atoms with Crippen molar-refractivity contribution in [2.75, 3.05) is 44.3 Å². The van der Waals surface area contributed by atoms with E-state index in [1.807, 2.05) is 32.0 Å². The number of fused-ring (bicyclic) bond motifs is 1. The maximum atomic E-state index is 13.8. The van der Waals surface area contributed by atoms with Crippen molar-refractivity contribution in [3.8, 4) is 0 Å². The third kappa shape index (κ3) is 6.01. The van der Waals surface area contributed by atoms with Crippen molar-refractivity contribution in [2.24, 2.45) is 5.92 Å². The molecular formula is C30H37N5O5. The van der Waals surface area contributed by atoms with E-state index < -0.39 is 12.1 Å². The van der Waals surface area contributed by atoms with Crippen LogP contribution < -0.4 is 10.2 Å². The van der Waals surface area contributed by atoms with Gasteiger partial charge in [0.25, 0.3) is 5.91 Å². The molecule has 0 aliphatic carbocycles. The second-order valence-corrected chi connectivity index (χ2v) is 11.2. The van der Waals surface area contributed by atoms with Crippen LogP contribution in [0.1, 0.15) is 42.6 Å². The molecule has 1 aromatic carbocycles. The Morgan fingerprint density at radius 2 is 1.80 bits per heavy atom. The van der Waals surface area contributed by atoms with Gasteiger partial charge in [-0.1, -0.05) is 19.9 Å². The monoisotopic (exact) mass is 547 g/mol. The molecule has 212 valence electrons. The molecule has 40 heavy (non-hydrogen) atoms. The minimum atomic E-state index is -0.766. The summed E-state index contributed by atoms with van der Waals surface area (Å²) in [5.41, 5.74) is 2.29. The van der Waals surface area contributed by atoms with Gasteiger partial charge in [0, 0.05) is 43.3 Å². The number of pyridine rings is 1. The highest BCUT2D eigenvalue weighted by Gasteiger charge is 2.52.